The number of nitrogens with zero attached hydrogens (tertiary/aromatic N) is 2. The van der Waals surface area contributed by atoms with E-state index in [0.717, 1.165) is 41.5 Å². The van der Waals surface area contributed by atoms with Gasteiger partial charge in [-0.2, -0.15) is 4.31 Å². The molecule has 1 N–H and O–H groups in total. The second-order valence-electron chi connectivity index (χ2n) is 6.74. The van der Waals surface area contributed by atoms with Crippen molar-refractivity contribution in [1.29, 1.82) is 0 Å². The second kappa shape index (κ2) is 8.40. The number of benzene rings is 1. The summed E-state index contributed by atoms with van der Waals surface area (Å²) in [5.74, 6) is 0.789. The molecule has 1 fully saturated rings. The van der Waals surface area contributed by atoms with E-state index >= 15 is 0 Å². The molecule has 28 heavy (non-hydrogen) atoms. The molecule has 2 aromatic heterocycles. The Kier molecular flexibility index (Phi) is 5.72. The molecule has 1 aliphatic rings. The predicted molar refractivity (Wildman–Crippen MR) is 110 cm³/mol. The van der Waals surface area contributed by atoms with Crippen LogP contribution in [0.4, 0.5) is 0 Å². The minimum Gasteiger partial charge on any atom is -0.355 e. The van der Waals surface area contributed by atoms with Crippen LogP contribution in [0.5, 0.6) is 0 Å². The zero-order valence-electron chi connectivity index (χ0n) is 15.3. The highest BCUT2D eigenvalue weighted by Crippen LogP contribution is 2.24. The summed E-state index contributed by atoms with van der Waals surface area (Å²) >= 11 is 1.62. The predicted octanol–water partition coefficient (Wildman–Crippen LogP) is 2.10. The summed E-state index contributed by atoms with van der Waals surface area (Å²) in [6.07, 6.45) is 1.65. The van der Waals surface area contributed by atoms with Gasteiger partial charge < -0.3 is 9.42 Å². The van der Waals surface area contributed by atoms with Gasteiger partial charge in [-0.1, -0.05) is 41.6 Å². The van der Waals surface area contributed by atoms with Crippen molar-refractivity contribution in [1.82, 2.24) is 9.46 Å². The first-order valence-corrected chi connectivity index (χ1v) is 11.5. The van der Waals surface area contributed by atoms with Gasteiger partial charge in [0.15, 0.2) is 5.76 Å². The summed E-state index contributed by atoms with van der Waals surface area (Å²) in [5, 5.41) is 7.48. The Bertz CT molecular complexity index is 1020. The molecule has 1 saturated heterocycles. The van der Waals surface area contributed by atoms with Crippen LogP contribution in [0, 0.1) is 0 Å². The molecule has 0 atom stereocenters. The SMILES string of the molecule is O=S(=O)(/C=C/c1ccccc1)N1CC[NH+](Cc2cc(-c3cccs3)on2)CC1. The Morgan fingerprint density at radius 3 is 2.64 bits per heavy atom. The number of sulfonamides is 1. The molecule has 0 saturated carbocycles. The quantitative estimate of drug-likeness (QED) is 0.668. The maximum atomic E-state index is 12.6. The van der Waals surface area contributed by atoms with Gasteiger partial charge in [-0.05, 0) is 23.1 Å². The number of rotatable bonds is 6. The number of nitrogens with one attached hydrogen (secondary N) is 1. The number of hydrogen-bond donors (Lipinski definition) is 1. The monoisotopic (exact) mass is 416 g/mol. The van der Waals surface area contributed by atoms with E-state index in [-0.39, 0.29) is 0 Å². The van der Waals surface area contributed by atoms with Crippen molar-refractivity contribution in [3.8, 4) is 10.6 Å². The molecule has 4 rings (SSSR count). The van der Waals surface area contributed by atoms with Gasteiger partial charge in [-0.3, -0.25) is 0 Å². The Labute approximate surface area is 168 Å². The molecule has 0 amide bonds. The first-order chi connectivity index (χ1) is 13.6. The second-order valence-corrected chi connectivity index (χ2v) is 9.51. The smallest absolute Gasteiger partial charge is 0.236 e. The van der Waals surface area contributed by atoms with Crippen molar-refractivity contribution in [2.45, 2.75) is 6.54 Å². The Morgan fingerprint density at radius 1 is 1.14 bits per heavy atom. The zero-order chi connectivity index (χ0) is 19.4. The van der Waals surface area contributed by atoms with Crippen LogP contribution in [0.2, 0.25) is 0 Å². The summed E-state index contributed by atoms with van der Waals surface area (Å²) in [7, 11) is -3.40. The number of quaternary nitrogens is 1. The van der Waals surface area contributed by atoms with Crippen LogP contribution >= 0.6 is 11.3 Å². The van der Waals surface area contributed by atoms with Gasteiger partial charge in [0.25, 0.3) is 0 Å². The van der Waals surface area contributed by atoms with Crippen molar-refractivity contribution < 1.29 is 17.8 Å². The highest BCUT2D eigenvalue weighted by atomic mass is 32.2. The first-order valence-electron chi connectivity index (χ1n) is 9.16. The van der Waals surface area contributed by atoms with Gasteiger partial charge in [0.05, 0.1) is 31.1 Å². The fraction of sp³-hybridized carbons (Fsp3) is 0.250. The normalized spacial score (nSPS) is 16.7. The lowest BCUT2D eigenvalue weighted by Crippen LogP contribution is -3.13. The van der Waals surface area contributed by atoms with E-state index in [2.05, 4.69) is 5.16 Å². The molecule has 1 aliphatic heterocycles. The fourth-order valence-electron chi connectivity index (χ4n) is 3.23. The Morgan fingerprint density at radius 2 is 1.93 bits per heavy atom. The Hall–Kier alpha value is -2.26. The molecule has 3 heterocycles. The van der Waals surface area contributed by atoms with Gasteiger partial charge in [0.2, 0.25) is 10.0 Å². The molecule has 0 spiro atoms. The lowest BCUT2D eigenvalue weighted by atomic mass is 10.2. The van der Waals surface area contributed by atoms with Crippen LogP contribution < -0.4 is 4.90 Å². The summed E-state index contributed by atoms with van der Waals surface area (Å²) in [6, 6.07) is 15.4. The lowest BCUT2D eigenvalue weighted by molar-refractivity contribution is -0.917. The third-order valence-electron chi connectivity index (χ3n) is 4.78. The van der Waals surface area contributed by atoms with Crippen molar-refractivity contribution >= 4 is 27.4 Å². The van der Waals surface area contributed by atoms with E-state index in [9.17, 15) is 8.42 Å². The molecule has 146 valence electrons. The van der Waals surface area contributed by atoms with Crippen LogP contribution in [0.1, 0.15) is 11.3 Å². The van der Waals surface area contributed by atoms with Gasteiger partial charge >= 0.3 is 0 Å². The molecule has 3 aromatic rings. The van der Waals surface area contributed by atoms with Gasteiger partial charge in [0, 0.05) is 11.5 Å². The number of hydrogen-bond acceptors (Lipinski definition) is 5. The summed E-state index contributed by atoms with van der Waals surface area (Å²) in [4.78, 5) is 2.37. The molecular weight excluding hydrogens is 394 g/mol. The zero-order valence-corrected chi connectivity index (χ0v) is 17.0. The number of piperazine rings is 1. The highest BCUT2D eigenvalue weighted by Gasteiger charge is 2.28. The molecular formula is C20H22N3O3S2+. The average Bonchev–Trinajstić information content (AvgIpc) is 3.40. The van der Waals surface area contributed by atoms with Gasteiger partial charge in [0.1, 0.15) is 12.2 Å². The maximum Gasteiger partial charge on any atom is 0.236 e. The van der Waals surface area contributed by atoms with E-state index in [1.165, 1.54) is 10.3 Å². The molecule has 0 bridgehead atoms. The Balaban J connectivity index is 1.32. The summed E-state index contributed by atoms with van der Waals surface area (Å²) < 4.78 is 32.1. The van der Waals surface area contributed by atoms with Crippen LogP contribution in [0.25, 0.3) is 16.7 Å². The van der Waals surface area contributed by atoms with E-state index in [1.54, 1.807) is 21.7 Å². The lowest BCUT2D eigenvalue weighted by Gasteiger charge is -2.30. The van der Waals surface area contributed by atoms with Crippen LogP contribution in [0.3, 0.4) is 0 Å². The number of aromatic nitrogens is 1. The first kappa shape index (κ1) is 19.1. The molecule has 0 unspecified atom stereocenters. The molecule has 6 nitrogen and oxygen atoms in total. The van der Waals surface area contributed by atoms with Crippen molar-refractivity contribution in [2.75, 3.05) is 26.2 Å². The van der Waals surface area contributed by atoms with E-state index in [1.807, 2.05) is 53.9 Å². The fourth-order valence-corrected chi connectivity index (χ4v) is 5.10. The largest absolute Gasteiger partial charge is 0.355 e. The van der Waals surface area contributed by atoms with Gasteiger partial charge in [-0.15, -0.1) is 11.3 Å². The standard InChI is InChI=1S/C20H21N3O3S2/c24-28(25,14-8-17-5-2-1-3-6-17)23-11-9-22(10-12-23)16-18-15-19(26-21-18)20-7-4-13-27-20/h1-8,13-15H,9-12,16H2/p+1/b14-8+. The third kappa shape index (κ3) is 4.59. The van der Waals surface area contributed by atoms with Crippen molar-refractivity contribution in [3.05, 3.63) is 70.6 Å². The number of thiophene rings is 1. The van der Waals surface area contributed by atoms with Crippen LogP contribution in [0.15, 0.2) is 63.8 Å². The molecule has 0 radical (unpaired) electrons. The van der Waals surface area contributed by atoms with Crippen molar-refractivity contribution in [3.63, 3.8) is 0 Å². The maximum absolute atomic E-state index is 12.6. The van der Waals surface area contributed by atoms with Crippen LogP contribution in [-0.2, 0) is 16.6 Å². The minimum atomic E-state index is -3.40. The summed E-state index contributed by atoms with van der Waals surface area (Å²) in [6.45, 7) is 3.25. The molecule has 0 aliphatic carbocycles. The van der Waals surface area contributed by atoms with Gasteiger partial charge in [-0.25, -0.2) is 8.42 Å². The average molecular weight is 417 g/mol. The minimum absolute atomic E-state index is 0.506. The summed E-state index contributed by atoms with van der Waals surface area (Å²) in [5.41, 5.74) is 1.78. The molecule has 8 heteroatoms. The van der Waals surface area contributed by atoms with E-state index in [0.29, 0.717) is 13.1 Å². The van der Waals surface area contributed by atoms with E-state index < -0.39 is 10.0 Å². The topological polar surface area (TPSA) is 67.8 Å². The third-order valence-corrected chi connectivity index (χ3v) is 7.22. The van der Waals surface area contributed by atoms with E-state index in [4.69, 9.17) is 4.52 Å². The molecule has 1 aromatic carbocycles. The highest BCUT2D eigenvalue weighted by molar-refractivity contribution is 7.92. The van der Waals surface area contributed by atoms with Crippen molar-refractivity contribution in [2.24, 2.45) is 0 Å². The van der Waals surface area contributed by atoms with Crippen LogP contribution in [-0.4, -0.2) is 44.1 Å².